The van der Waals surface area contributed by atoms with Crippen LogP contribution in [0.2, 0.25) is 0 Å². The molecule has 0 aliphatic rings. The molecule has 0 aliphatic heterocycles. The molecule has 56 valence electrons. The molecule has 11 heavy (non-hydrogen) atoms. The topological polar surface area (TPSA) is 0 Å². The summed E-state index contributed by atoms with van der Waals surface area (Å²) >= 11 is 5.81. The second-order valence-corrected chi connectivity index (χ2v) is 5.56. The fraction of sp³-hybridized carbons (Fsp3) is 0. The summed E-state index contributed by atoms with van der Waals surface area (Å²) in [4.78, 5) is 0. The highest BCUT2D eigenvalue weighted by Crippen LogP contribution is 2.12. The van der Waals surface area contributed by atoms with Crippen molar-refractivity contribution in [1.82, 2.24) is 0 Å². The number of benzene rings is 1. The van der Waals surface area contributed by atoms with Gasteiger partial charge >= 0.3 is 18.2 Å². The van der Waals surface area contributed by atoms with Crippen LogP contribution in [0.3, 0.4) is 0 Å². The number of rotatable bonds is 1. The van der Waals surface area contributed by atoms with Crippen LogP contribution in [0.25, 0.3) is 0 Å². The Balaban J connectivity index is 3.21. The zero-order valence-corrected chi connectivity index (χ0v) is 9.96. The van der Waals surface area contributed by atoms with Crippen LogP contribution in [0.15, 0.2) is 16.6 Å². The third-order valence-corrected chi connectivity index (χ3v) is 5.17. The van der Waals surface area contributed by atoms with Crippen LogP contribution in [0.1, 0.15) is 0 Å². The van der Waals surface area contributed by atoms with Crippen molar-refractivity contribution in [3.05, 3.63) is 28.2 Å². The van der Waals surface area contributed by atoms with Gasteiger partial charge in [0.05, 0.1) is 0 Å². The van der Waals surface area contributed by atoms with Crippen molar-refractivity contribution in [1.29, 1.82) is 0 Å². The first kappa shape index (κ1) is 9.89. The fourth-order valence-corrected chi connectivity index (χ4v) is 4.41. The van der Waals surface area contributed by atoms with Crippen molar-refractivity contribution < 1.29 is 8.78 Å². The zero-order valence-electron chi connectivity index (χ0n) is 5.37. The van der Waals surface area contributed by atoms with E-state index in [1.165, 1.54) is 6.07 Å². The molecular formula is C6H2Br2F2Mg. The van der Waals surface area contributed by atoms with E-state index in [1.54, 1.807) is 0 Å². The predicted molar refractivity (Wildman–Crippen MR) is 48.4 cm³/mol. The summed E-state index contributed by atoms with van der Waals surface area (Å²) in [5, 5.41) is 0. The fourth-order valence-electron chi connectivity index (χ4n) is 0.666. The molecule has 0 aromatic heterocycles. The van der Waals surface area contributed by atoms with Gasteiger partial charge < -0.3 is 0 Å². The van der Waals surface area contributed by atoms with Crippen molar-refractivity contribution in [2.24, 2.45) is 0 Å². The lowest BCUT2D eigenvalue weighted by atomic mass is 10.3. The van der Waals surface area contributed by atoms with Gasteiger partial charge in [-0.15, -0.1) is 3.69 Å². The lowest BCUT2D eigenvalue weighted by Crippen LogP contribution is -2.11. The molecule has 0 saturated heterocycles. The van der Waals surface area contributed by atoms with Gasteiger partial charge in [0.2, 0.25) is 0 Å². The van der Waals surface area contributed by atoms with E-state index in [-0.39, 0.29) is 0 Å². The Kier molecular flexibility index (Phi) is 3.74. The highest BCUT2D eigenvalue weighted by molar-refractivity contribution is 9.23. The van der Waals surface area contributed by atoms with Gasteiger partial charge in [0.15, 0.2) is 11.6 Å². The highest BCUT2D eigenvalue weighted by atomic mass is 79.9. The van der Waals surface area contributed by atoms with Crippen molar-refractivity contribution >= 4 is 50.7 Å². The molecule has 0 heterocycles. The molecule has 0 N–H and O–H groups in total. The Morgan fingerprint density at radius 1 is 1.18 bits per heavy atom. The summed E-state index contributed by atoms with van der Waals surface area (Å²) in [6.07, 6.45) is 0. The Bertz CT molecular complexity index is 278. The molecular weight excluding hydrogens is 294 g/mol. The number of hydrogen-bond acceptors (Lipinski definition) is 0. The highest BCUT2D eigenvalue weighted by Gasteiger charge is 2.07. The Morgan fingerprint density at radius 3 is 2.27 bits per heavy atom. The minimum Gasteiger partial charge on any atom is -0.296 e. The Labute approximate surface area is 87.1 Å². The molecule has 0 nitrogen and oxygen atoms in total. The van der Waals surface area contributed by atoms with Gasteiger partial charge in [0, 0.05) is 0 Å². The van der Waals surface area contributed by atoms with Crippen LogP contribution in [-0.2, 0) is 0 Å². The zero-order chi connectivity index (χ0) is 8.43. The summed E-state index contributed by atoms with van der Waals surface area (Å²) < 4.78 is 26.5. The van der Waals surface area contributed by atoms with Gasteiger partial charge in [-0.25, -0.2) is 8.78 Å². The molecule has 0 atom stereocenters. The average Bonchev–Trinajstić information content (AvgIpc) is 1.97. The van der Waals surface area contributed by atoms with Crippen molar-refractivity contribution in [3.8, 4) is 0 Å². The molecule has 5 heteroatoms. The predicted octanol–water partition coefficient (Wildman–Crippen LogP) is 2.37. The molecule has 0 spiro atoms. The van der Waals surface area contributed by atoms with E-state index in [9.17, 15) is 8.78 Å². The van der Waals surface area contributed by atoms with E-state index in [1.807, 2.05) is 0 Å². The van der Waals surface area contributed by atoms with Crippen LogP contribution < -0.4 is 3.69 Å². The number of halogens is 4. The lowest BCUT2D eigenvalue weighted by Gasteiger charge is -2.00. The van der Waals surface area contributed by atoms with Gasteiger partial charge in [-0.1, -0.05) is 15.9 Å². The first-order valence-corrected chi connectivity index (χ1v) is 8.24. The van der Waals surface area contributed by atoms with Gasteiger partial charge in [0.25, 0.3) is 0 Å². The number of hydrogen-bond donors (Lipinski definition) is 0. The van der Waals surface area contributed by atoms with Gasteiger partial charge in [0.1, 0.15) is 0 Å². The maximum absolute atomic E-state index is 12.6. The van der Waals surface area contributed by atoms with Crippen LogP contribution >= 0.6 is 28.8 Å². The maximum atomic E-state index is 12.6. The van der Waals surface area contributed by atoms with Crippen LogP contribution in [0.4, 0.5) is 8.78 Å². The molecule has 0 bridgehead atoms. The van der Waals surface area contributed by atoms with E-state index < -0.39 is 29.8 Å². The first-order valence-electron chi connectivity index (χ1n) is 2.84. The normalized spacial score (nSPS) is 9.45. The average molecular weight is 296 g/mol. The monoisotopic (exact) mass is 294 g/mol. The summed E-state index contributed by atoms with van der Waals surface area (Å²) in [6, 6.07) is 2.37. The van der Waals surface area contributed by atoms with Crippen molar-refractivity contribution in [2.75, 3.05) is 0 Å². The maximum Gasteiger partial charge on any atom is 0.508 e. The van der Waals surface area contributed by atoms with E-state index in [0.717, 1.165) is 9.76 Å². The van der Waals surface area contributed by atoms with E-state index in [4.69, 9.17) is 0 Å². The summed E-state index contributed by atoms with van der Waals surface area (Å²) in [5.41, 5.74) is 0. The lowest BCUT2D eigenvalue weighted by molar-refractivity contribution is 0.509. The van der Waals surface area contributed by atoms with E-state index >= 15 is 0 Å². The molecule has 1 rings (SSSR count). The van der Waals surface area contributed by atoms with Crippen molar-refractivity contribution in [2.45, 2.75) is 0 Å². The summed E-state index contributed by atoms with van der Waals surface area (Å²) in [5.74, 6) is -1.59. The molecule has 0 unspecified atom stereocenters. The molecule has 0 amide bonds. The molecule has 0 radical (unpaired) electrons. The van der Waals surface area contributed by atoms with E-state index in [2.05, 4.69) is 28.8 Å². The third-order valence-electron chi connectivity index (χ3n) is 1.23. The quantitative estimate of drug-likeness (QED) is 0.551. The summed E-state index contributed by atoms with van der Waals surface area (Å²) in [6.45, 7) is 0. The second-order valence-electron chi connectivity index (χ2n) is 1.99. The smallest absolute Gasteiger partial charge is 0.296 e. The molecule has 0 fully saturated rings. The Morgan fingerprint density at radius 2 is 1.73 bits per heavy atom. The second kappa shape index (κ2) is 4.16. The standard InChI is InChI=1S/C6H2BrF2.BrH.Mg/c7-4-1-2-5(8)6(9)3-4;;/h2-3H;1H;/q;;+1/p-1. The molecule has 1 aromatic rings. The summed E-state index contributed by atoms with van der Waals surface area (Å²) in [7, 11) is 0. The van der Waals surface area contributed by atoms with E-state index in [0.29, 0.717) is 4.47 Å². The Hall–Kier alpha value is 0.806. The van der Waals surface area contributed by atoms with Crippen molar-refractivity contribution in [3.63, 3.8) is 0 Å². The van der Waals surface area contributed by atoms with Gasteiger partial charge in [-0.2, -0.15) is 0 Å². The van der Waals surface area contributed by atoms with Crippen LogP contribution in [0.5, 0.6) is 0 Å². The van der Waals surface area contributed by atoms with Gasteiger partial charge in [-0.05, 0) is 16.6 Å². The molecule has 0 saturated carbocycles. The first-order chi connectivity index (χ1) is 5.15. The minimum atomic E-state index is -0.810. The molecule has 1 aromatic carbocycles. The SMILES string of the molecule is Fc1cc(Br)[c]([Mg][Br])cc1F. The van der Waals surface area contributed by atoms with Crippen LogP contribution in [-0.4, -0.2) is 18.2 Å². The minimum absolute atomic E-state index is 0.616. The van der Waals surface area contributed by atoms with Crippen LogP contribution in [0, 0.1) is 11.6 Å². The van der Waals surface area contributed by atoms with Gasteiger partial charge in [-0.3, -0.25) is 12.9 Å². The molecule has 0 aliphatic carbocycles. The third kappa shape index (κ3) is 2.37. The largest absolute Gasteiger partial charge is 0.508 e.